The molecule has 1 aliphatic heterocycles. The first-order chi connectivity index (χ1) is 18.5. The van der Waals surface area contributed by atoms with Gasteiger partial charge in [0.15, 0.2) is 0 Å². The lowest BCUT2D eigenvalue weighted by Gasteiger charge is -2.31. The Hall–Kier alpha value is -4.85. The van der Waals surface area contributed by atoms with Gasteiger partial charge in [-0.05, 0) is 59.5 Å². The minimum atomic E-state index is -0.546. The minimum Gasteiger partial charge on any atom is -0.489 e. The molecule has 5 rings (SSSR count). The average molecular weight is 512 g/mol. The van der Waals surface area contributed by atoms with Gasteiger partial charge in [0.25, 0.3) is 0 Å². The van der Waals surface area contributed by atoms with Crippen LogP contribution >= 0.6 is 0 Å². The summed E-state index contributed by atoms with van der Waals surface area (Å²) in [5.74, 6) is 1.74. The third kappa shape index (κ3) is 5.92. The monoisotopic (exact) mass is 511 g/mol. The van der Waals surface area contributed by atoms with Crippen molar-refractivity contribution in [2.75, 3.05) is 17.2 Å². The lowest BCUT2D eigenvalue weighted by Crippen LogP contribution is -2.31. The van der Waals surface area contributed by atoms with E-state index in [0.717, 1.165) is 36.0 Å². The molecule has 7 nitrogen and oxygen atoms in total. The van der Waals surface area contributed by atoms with Gasteiger partial charge in [-0.2, -0.15) is 0 Å². The number of nitrogens with two attached hydrogens (primary N) is 1. The van der Waals surface area contributed by atoms with Crippen LogP contribution in [0.3, 0.4) is 0 Å². The molecule has 2 heterocycles. The summed E-state index contributed by atoms with van der Waals surface area (Å²) < 4.78 is 30.2. The summed E-state index contributed by atoms with van der Waals surface area (Å²) in [6.07, 6.45) is 3.47. The predicted octanol–water partition coefficient (Wildman–Crippen LogP) is 5.83. The number of fused-ring (bicyclic) bond motifs is 1. The predicted molar refractivity (Wildman–Crippen MR) is 143 cm³/mol. The van der Waals surface area contributed by atoms with Crippen LogP contribution in [0.15, 0.2) is 91.6 Å². The molecule has 0 atom stereocenters. The Kier molecular flexibility index (Phi) is 7.21. The molecule has 3 aromatic carbocycles. The quantitative estimate of drug-likeness (QED) is 0.181. The van der Waals surface area contributed by atoms with Gasteiger partial charge in [0, 0.05) is 31.3 Å². The van der Waals surface area contributed by atoms with E-state index in [1.54, 1.807) is 42.6 Å². The van der Waals surface area contributed by atoms with E-state index in [0.29, 0.717) is 36.2 Å². The number of rotatable bonds is 8. The van der Waals surface area contributed by atoms with Crippen LogP contribution < -0.4 is 24.8 Å². The highest BCUT2D eigenvalue weighted by Crippen LogP contribution is 2.34. The van der Waals surface area contributed by atoms with Crippen LogP contribution in [0.2, 0.25) is 0 Å². The van der Waals surface area contributed by atoms with E-state index in [4.69, 9.17) is 19.9 Å². The number of benzene rings is 3. The van der Waals surface area contributed by atoms with Crippen LogP contribution in [0, 0.1) is 5.82 Å². The van der Waals surface area contributed by atoms with E-state index in [2.05, 4.69) is 28.6 Å². The van der Waals surface area contributed by atoms with Gasteiger partial charge in [0.2, 0.25) is 0 Å². The largest absolute Gasteiger partial charge is 0.489 e. The van der Waals surface area contributed by atoms with Crippen LogP contribution in [0.1, 0.15) is 16.7 Å². The first-order valence-corrected chi connectivity index (χ1v) is 12.1. The van der Waals surface area contributed by atoms with Crippen molar-refractivity contribution in [2.45, 2.75) is 19.6 Å². The fourth-order valence-electron chi connectivity index (χ4n) is 4.22. The molecule has 38 heavy (non-hydrogen) atoms. The maximum atomic E-state index is 13.1. The van der Waals surface area contributed by atoms with E-state index in [9.17, 15) is 9.18 Å². The topological polar surface area (TPSA) is 86.9 Å². The second kappa shape index (κ2) is 11.0. The Morgan fingerprint density at radius 3 is 2.63 bits per heavy atom. The number of pyridine rings is 1. The summed E-state index contributed by atoms with van der Waals surface area (Å²) in [5.41, 5.74) is 10.3. The van der Waals surface area contributed by atoms with Gasteiger partial charge in [0.05, 0.1) is 11.9 Å². The summed E-state index contributed by atoms with van der Waals surface area (Å²) >= 11 is 0. The van der Waals surface area contributed by atoms with Crippen molar-refractivity contribution in [3.63, 3.8) is 0 Å². The van der Waals surface area contributed by atoms with Gasteiger partial charge in [-0.15, -0.1) is 0 Å². The van der Waals surface area contributed by atoms with E-state index < -0.39 is 5.97 Å². The number of hydrogen-bond acceptors (Lipinski definition) is 7. The number of carbonyl (C=O) groups excluding carboxylic acids is 1. The average Bonchev–Trinajstić information content (AvgIpc) is 2.93. The summed E-state index contributed by atoms with van der Waals surface area (Å²) in [4.78, 5) is 18.0. The summed E-state index contributed by atoms with van der Waals surface area (Å²) in [6.45, 7) is 5.19. The molecule has 0 spiro atoms. The lowest BCUT2D eigenvalue weighted by molar-refractivity contribution is -0.128. The molecule has 0 bridgehead atoms. The number of carbonyl (C=O) groups is 1. The number of aromatic nitrogens is 1. The van der Waals surface area contributed by atoms with Crippen LogP contribution in [0.25, 0.3) is 0 Å². The highest BCUT2D eigenvalue weighted by Gasteiger charge is 2.20. The third-order valence-corrected chi connectivity index (χ3v) is 6.15. The first kappa shape index (κ1) is 24.8. The molecule has 2 N–H and O–H groups in total. The second-order valence-electron chi connectivity index (χ2n) is 8.79. The van der Waals surface area contributed by atoms with Crippen molar-refractivity contribution in [3.8, 4) is 23.0 Å². The molecule has 8 heteroatoms. The van der Waals surface area contributed by atoms with Crippen LogP contribution in [-0.4, -0.2) is 17.5 Å². The van der Waals surface area contributed by atoms with Crippen molar-refractivity contribution in [2.24, 2.45) is 0 Å². The third-order valence-electron chi connectivity index (χ3n) is 6.15. The number of esters is 1. The normalized spacial score (nSPS) is 12.4. The zero-order valence-electron chi connectivity index (χ0n) is 20.6. The standard InChI is InChI=1S/C30H26FN3O4/c1-2-29(35)38-26-5-3-4-25(15-26)37-27-16-28(30(32)33-17-27)34-13-12-21-14-24(11-8-22(21)18-34)36-19-20-6-9-23(31)10-7-20/h2-11,14-17H,1,12-13,18-19H2,(H2,32,33). The van der Waals surface area contributed by atoms with Gasteiger partial charge in [-0.1, -0.05) is 30.8 Å². The van der Waals surface area contributed by atoms with Gasteiger partial charge in [0.1, 0.15) is 41.2 Å². The van der Waals surface area contributed by atoms with Gasteiger partial charge in [-0.25, -0.2) is 14.2 Å². The fourth-order valence-corrected chi connectivity index (χ4v) is 4.22. The molecule has 0 unspecified atom stereocenters. The van der Waals surface area contributed by atoms with Crippen molar-refractivity contribution >= 4 is 17.5 Å². The van der Waals surface area contributed by atoms with Gasteiger partial charge < -0.3 is 24.8 Å². The Labute approximate surface area is 219 Å². The summed E-state index contributed by atoms with van der Waals surface area (Å²) in [5, 5.41) is 0. The molecular weight excluding hydrogens is 485 g/mol. The van der Waals surface area contributed by atoms with E-state index in [1.165, 1.54) is 23.3 Å². The number of hydrogen-bond donors (Lipinski definition) is 1. The van der Waals surface area contributed by atoms with Crippen LogP contribution in [0.4, 0.5) is 15.9 Å². The molecule has 0 fully saturated rings. The SMILES string of the molecule is C=CC(=O)Oc1cccc(Oc2cnc(N)c(N3CCc4cc(OCc5ccc(F)cc5)ccc4C3)c2)c1. The van der Waals surface area contributed by atoms with Crippen LogP contribution in [-0.2, 0) is 24.4 Å². The highest BCUT2D eigenvalue weighted by atomic mass is 19.1. The summed E-state index contributed by atoms with van der Waals surface area (Å²) in [7, 11) is 0. The molecule has 1 aromatic heterocycles. The lowest BCUT2D eigenvalue weighted by atomic mass is 9.99. The number of nitrogens with zero attached hydrogens (tertiary/aromatic N) is 2. The Morgan fingerprint density at radius 2 is 1.82 bits per heavy atom. The Morgan fingerprint density at radius 1 is 1.00 bits per heavy atom. The fraction of sp³-hybridized carbons (Fsp3) is 0.133. The van der Waals surface area contributed by atoms with Gasteiger partial charge >= 0.3 is 5.97 Å². The zero-order valence-corrected chi connectivity index (χ0v) is 20.6. The van der Waals surface area contributed by atoms with Gasteiger partial charge in [-0.3, -0.25) is 0 Å². The van der Waals surface area contributed by atoms with Crippen molar-refractivity contribution in [1.82, 2.24) is 4.98 Å². The molecule has 192 valence electrons. The smallest absolute Gasteiger partial charge is 0.335 e. The molecule has 0 aliphatic carbocycles. The summed E-state index contributed by atoms with van der Waals surface area (Å²) in [6, 6.07) is 21.0. The second-order valence-corrected chi connectivity index (χ2v) is 8.79. The number of ether oxygens (including phenoxy) is 3. The molecule has 0 amide bonds. The molecule has 1 aliphatic rings. The minimum absolute atomic E-state index is 0.263. The number of nitrogen functional groups attached to an aromatic ring is 1. The zero-order chi connectivity index (χ0) is 26.5. The van der Waals surface area contributed by atoms with E-state index in [-0.39, 0.29) is 5.82 Å². The molecular formula is C30H26FN3O4. The first-order valence-electron chi connectivity index (χ1n) is 12.1. The van der Waals surface area contributed by atoms with Crippen molar-refractivity contribution < 1.29 is 23.4 Å². The molecule has 0 saturated heterocycles. The van der Waals surface area contributed by atoms with Crippen molar-refractivity contribution in [3.05, 3.63) is 114 Å². The van der Waals surface area contributed by atoms with Crippen molar-refractivity contribution in [1.29, 1.82) is 0 Å². The molecule has 0 saturated carbocycles. The molecule has 4 aromatic rings. The molecule has 0 radical (unpaired) electrons. The van der Waals surface area contributed by atoms with E-state index in [1.807, 2.05) is 12.1 Å². The number of anilines is 2. The van der Waals surface area contributed by atoms with Crippen LogP contribution in [0.5, 0.6) is 23.0 Å². The highest BCUT2D eigenvalue weighted by molar-refractivity contribution is 5.83. The Bertz CT molecular complexity index is 1470. The maximum absolute atomic E-state index is 13.1. The van der Waals surface area contributed by atoms with E-state index >= 15 is 0 Å². The maximum Gasteiger partial charge on any atom is 0.335 e. The number of halogens is 1. The Balaban J connectivity index is 1.26.